The van der Waals surface area contributed by atoms with Gasteiger partial charge < -0.3 is 19.3 Å². The Labute approximate surface area is 134 Å². The molecular formula is C18H18O5. The van der Waals surface area contributed by atoms with Crippen LogP contribution >= 0.6 is 0 Å². The average molecular weight is 314 g/mol. The molecule has 2 aromatic carbocycles. The summed E-state index contributed by atoms with van der Waals surface area (Å²) in [7, 11) is 4.58. The zero-order valence-electron chi connectivity index (χ0n) is 13.2. The number of hydrogen-bond donors (Lipinski definition) is 1. The van der Waals surface area contributed by atoms with E-state index in [1.54, 1.807) is 19.3 Å². The molecule has 0 unspecified atom stereocenters. The molecule has 0 aliphatic carbocycles. The van der Waals surface area contributed by atoms with E-state index in [-0.39, 0.29) is 5.56 Å². The van der Waals surface area contributed by atoms with Crippen molar-refractivity contribution in [3.05, 3.63) is 53.1 Å². The van der Waals surface area contributed by atoms with E-state index >= 15 is 0 Å². The van der Waals surface area contributed by atoms with E-state index in [0.29, 0.717) is 17.1 Å². The SMILES string of the molecule is COc1ccc(/C=C/c2cc(OC)c(OC)cc2C(=O)O)cc1. The van der Waals surface area contributed by atoms with Crippen molar-refractivity contribution in [2.24, 2.45) is 0 Å². The highest BCUT2D eigenvalue weighted by atomic mass is 16.5. The fraction of sp³-hybridized carbons (Fsp3) is 0.167. The Morgan fingerprint density at radius 3 is 2.04 bits per heavy atom. The van der Waals surface area contributed by atoms with Gasteiger partial charge in [-0.05, 0) is 35.4 Å². The third-order valence-corrected chi connectivity index (χ3v) is 3.36. The molecule has 0 aliphatic heterocycles. The maximum Gasteiger partial charge on any atom is 0.336 e. The summed E-state index contributed by atoms with van der Waals surface area (Å²) in [6.07, 6.45) is 3.56. The van der Waals surface area contributed by atoms with Gasteiger partial charge in [0.05, 0.1) is 26.9 Å². The van der Waals surface area contributed by atoms with E-state index in [4.69, 9.17) is 14.2 Å². The molecule has 1 N–H and O–H groups in total. The van der Waals surface area contributed by atoms with Crippen LogP contribution in [0.25, 0.3) is 12.2 Å². The predicted octanol–water partition coefficient (Wildman–Crippen LogP) is 3.58. The number of ether oxygens (including phenoxy) is 3. The minimum atomic E-state index is -1.03. The minimum absolute atomic E-state index is 0.146. The largest absolute Gasteiger partial charge is 0.497 e. The lowest BCUT2D eigenvalue weighted by atomic mass is 10.0. The monoisotopic (exact) mass is 314 g/mol. The zero-order valence-corrected chi connectivity index (χ0v) is 13.2. The number of carbonyl (C=O) groups is 1. The zero-order chi connectivity index (χ0) is 16.8. The number of benzene rings is 2. The first-order valence-corrected chi connectivity index (χ1v) is 6.90. The summed E-state index contributed by atoms with van der Waals surface area (Å²) in [5, 5.41) is 9.37. The van der Waals surface area contributed by atoms with Gasteiger partial charge in [-0.1, -0.05) is 24.3 Å². The maximum absolute atomic E-state index is 11.4. The van der Waals surface area contributed by atoms with Crippen molar-refractivity contribution in [3.8, 4) is 17.2 Å². The summed E-state index contributed by atoms with van der Waals surface area (Å²) < 4.78 is 15.5. The second-order valence-electron chi connectivity index (χ2n) is 4.71. The quantitative estimate of drug-likeness (QED) is 0.826. The van der Waals surface area contributed by atoms with Crippen LogP contribution in [0.3, 0.4) is 0 Å². The highest BCUT2D eigenvalue weighted by molar-refractivity contribution is 5.94. The normalized spacial score (nSPS) is 10.6. The Morgan fingerprint density at radius 1 is 0.913 bits per heavy atom. The number of carboxylic acid groups (broad SMARTS) is 1. The van der Waals surface area contributed by atoms with E-state index in [2.05, 4.69) is 0 Å². The second kappa shape index (κ2) is 7.35. The molecule has 0 fully saturated rings. The second-order valence-corrected chi connectivity index (χ2v) is 4.71. The molecule has 5 heteroatoms. The van der Waals surface area contributed by atoms with Crippen molar-refractivity contribution in [2.75, 3.05) is 21.3 Å². The van der Waals surface area contributed by atoms with E-state index in [1.807, 2.05) is 30.3 Å². The van der Waals surface area contributed by atoms with Crippen molar-refractivity contribution in [1.29, 1.82) is 0 Å². The number of aromatic carboxylic acids is 1. The lowest BCUT2D eigenvalue weighted by Gasteiger charge is -2.10. The molecule has 0 bridgehead atoms. The van der Waals surface area contributed by atoms with Gasteiger partial charge in [-0.2, -0.15) is 0 Å². The molecule has 0 aliphatic rings. The van der Waals surface area contributed by atoms with Gasteiger partial charge in [0.15, 0.2) is 11.5 Å². The summed E-state index contributed by atoms with van der Waals surface area (Å²) in [6.45, 7) is 0. The molecule has 0 spiro atoms. The van der Waals surface area contributed by atoms with Crippen LogP contribution in [0.2, 0.25) is 0 Å². The third kappa shape index (κ3) is 3.83. The van der Waals surface area contributed by atoms with Crippen LogP contribution in [0.5, 0.6) is 17.2 Å². The van der Waals surface area contributed by atoms with Crippen molar-refractivity contribution in [1.82, 2.24) is 0 Å². The lowest BCUT2D eigenvalue weighted by Crippen LogP contribution is -2.02. The van der Waals surface area contributed by atoms with Gasteiger partial charge in [0.2, 0.25) is 0 Å². The lowest BCUT2D eigenvalue weighted by molar-refractivity contribution is 0.0696. The fourth-order valence-corrected chi connectivity index (χ4v) is 2.12. The first-order valence-electron chi connectivity index (χ1n) is 6.90. The number of carboxylic acids is 1. The molecular weight excluding hydrogens is 296 g/mol. The molecule has 23 heavy (non-hydrogen) atoms. The standard InChI is InChI=1S/C18H18O5/c1-21-14-8-5-12(6-9-14)4-7-13-10-16(22-2)17(23-3)11-15(13)18(19)20/h4-11H,1-3H3,(H,19,20)/b7-4+. The summed E-state index contributed by atoms with van der Waals surface area (Å²) in [5.74, 6) is 0.596. The van der Waals surface area contributed by atoms with Crippen molar-refractivity contribution < 1.29 is 24.1 Å². The molecule has 0 saturated carbocycles. The molecule has 0 heterocycles. The molecule has 0 aromatic heterocycles. The number of methoxy groups -OCH3 is 3. The van der Waals surface area contributed by atoms with E-state index in [0.717, 1.165) is 11.3 Å². The Kier molecular flexibility index (Phi) is 5.25. The first kappa shape index (κ1) is 16.4. The molecule has 0 saturated heterocycles. The van der Waals surface area contributed by atoms with Crippen LogP contribution < -0.4 is 14.2 Å². The number of rotatable bonds is 6. The Bertz CT molecular complexity index is 717. The van der Waals surface area contributed by atoms with Crippen molar-refractivity contribution in [2.45, 2.75) is 0 Å². The Balaban J connectivity index is 2.40. The molecule has 0 amide bonds. The van der Waals surface area contributed by atoms with Gasteiger partial charge in [0.25, 0.3) is 0 Å². The first-order chi connectivity index (χ1) is 11.1. The van der Waals surface area contributed by atoms with Crippen LogP contribution in [0.15, 0.2) is 36.4 Å². The smallest absolute Gasteiger partial charge is 0.336 e. The molecule has 2 rings (SSSR count). The van der Waals surface area contributed by atoms with Gasteiger partial charge in [0.1, 0.15) is 5.75 Å². The summed E-state index contributed by atoms with van der Waals surface area (Å²) in [4.78, 5) is 11.4. The molecule has 0 atom stereocenters. The Morgan fingerprint density at radius 2 is 1.52 bits per heavy atom. The van der Waals surface area contributed by atoms with Gasteiger partial charge in [0, 0.05) is 0 Å². The minimum Gasteiger partial charge on any atom is -0.497 e. The van der Waals surface area contributed by atoms with Gasteiger partial charge in [-0.25, -0.2) is 4.79 Å². The van der Waals surface area contributed by atoms with E-state index in [9.17, 15) is 9.90 Å². The molecule has 120 valence electrons. The van der Waals surface area contributed by atoms with Crippen molar-refractivity contribution in [3.63, 3.8) is 0 Å². The summed E-state index contributed by atoms with van der Waals surface area (Å²) in [6, 6.07) is 10.5. The van der Waals surface area contributed by atoms with Gasteiger partial charge in [-0.3, -0.25) is 0 Å². The molecule has 2 aromatic rings. The highest BCUT2D eigenvalue weighted by Crippen LogP contribution is 2.31. The van der Waals surface area contributed by atoms with Gasteiger partial charge in [-0.15, -0.1) is 0 Å². The average Bonchev–Trinajstić information content (AvgIpc) is 2.59. The van der Waals surface area contributed by atoms with Crippen LogP contribution in [-0.2, 0) is 0 Å². The topological polar surface area (TPSA) is 65.0 Å². The van der Waals surface area contributed by atoms with E-state index in [1.165, 1.54) is 20.3 Å². The summed E-state index contributed by atoms with van der Waals surface area (Å²) >= 11 is 0. The van der Waals surface area contributed by atoms with Gasteiger partial charge >= 0.3 is 5.97 Å². The Hall–Kier alpha value is -2.95. The molecule has 0 radical (unpaired) electrons. The van der Waals surface area contributed by atoms with Crippen LogP contribution in [-0.4, -0.2) is 32.4 Å². The molecule has 5 nitrogen and oxygen atoms in total. The van der Waals surface area contributed by atoms with Crippen LogP contribution in [0.1, 0.15) is 21.5 Å². The van der Waals surface area contributed by atoms with Crippen molar-refractivity contribution >= 4 is 18.1 Å². The fourth-order valence-electron chi connectivity index (χ4n) is 2.12. The van der Waals surface area contributed by atoms with Crippen LogP contribution in [0, 0.1) is 0 Å². The van der Waals surface area contributed by atoms with E-state index < -0.39 is 5.97 Å². The summed E-state index contributed by atoms with van der Waals surface area (Å²) in [5.41, 5.74) is 1.61. The third-order valence-electron chi connectivity index (χ3n) is 3.36. The highest BCUT2D eigenvalue weighted by Gasteiger charge is 2.14. The predicted molar refractivity (Wildman–Crippen MR) is 88.4 cm³/mol. The maximum atomic E-state index is 11.4. The van der Waals surface area contributed by atoms with Crippen LogP contribution in [0.4, 0.5) is 0 Å². The number of hydrogen-bond acceptors (Lipinski definition) is 4.